The molecule has 0 aliphatic carbocycles. The topological polar surface area (TPSA) is 53.0 Å². The number of hydrogen-bond acceptors (Lipinski definition) is 4. The van der Waals surface area contributed by atoms with Crippen molar-refractivity contribution in [3.63, 3.8) is 0 Å². The number of nitrogens with zero attached hydrogens (tertiary/aromatic N) is 2. The number of para-hydroxylation sites is 1. The van der Waals surface area contributed by atoms with E-state index < -0.39 is 0 Å². The molecule has 1 aliphatic heterocycles. The maximum Gasteiger partial charge on any atom is 0.257 e. The van der Waals surface area contributed by atoms with Crippen molar-refractivity contribution in [2.45, 2.75) is 13.3 Å². The third kappa shape index (κ3) is 4.19. The summed E-state index contributed by atoms with van der Waals surface area (Å²) in [5.41, 5.74) is 0.634. The van der Waals surface area contributed by atoms with Crippen molar-refractivity contribution >= 4 is 5.91 Å². The number of aliphatic hydroxyl groups is 1. The van der Waals surface area contributed by atoms with Crippen molar-refractivity contribution in [3.8, 4) is 5.75 Å². The fraction of sp³-hybridized carbons (Fsp3) is 0.562. The molecule has 1 amide bonds. The lowest BCUT2D eigenvalue weighted by Crippen LogP contribution is -2.36. The molecule has 1 saturated heterocycles. The molecule has 0 spiro atoms. The Balaban J connectivity index is 2.06. The minimum Gasteiger partial charge on any atom is -0.493 e. The molecular formula is C16H24N2O3. The Hall–Kier alpha value is -1.59. The van der Waals surface area contributed by atoms with Crippen LogP contribution in [0, 0.1) is 0 Å². The summed E-state index contributed by atoms with van der Waals surface area (Å²) in [6.07, 6.45) is 0.933. The molecule has 0 aromatic heterocycles. The molecular weight excluding hydrogens is 268 g/mol. The fourth-order valence-corrected chi connectivity index (χ4v) is 2.63. The Morgan fingerprint density at radius 1 is 1.24 bits per heavy atom. The summed E-state index contributed by atoms with van der Waals surface area (Å²) in [5.74, 6) is 0.686. The first-order chi connectivity index (χ1) is 10.3. The Morgan fingerprint density at radius 3 is 2.81 bits per heavy atom. The van der Waals surface area contributed by atoms with Gasteiger partial charge in [-0.05, 0) is 32.0 Å². The van der Waals surface area contributed by atoms with Crippen LogP contribution in [0.2, 0.25) is 0 Å². The second-order valence-electron chi connectivity index (χ2n) is 5.14. The van der Waals surface area contributed by atoms with Gasteiger partial charge in [0, 0.05) is 26.2 Å². The third-order valence-electron chi connectivity index (χ3n) is 3.71. The quantitative estimate of drug-likeness (QED) is 0.887. The molecule has 0 unspecified atom stereocenters. The summed E-state index contributed by atoms with van der Waals surface area (Å²) >= 11 is 0. The van der Waals surface area contributed by atoms with Crippen LogP contribution < -0.4 is 4.74 Å². The van der Waals surface area contributed by atoms with Crippen LogP contribution in [0.5, 0.6) is 5.75 Å². The van der Waals surface area contributed by atoms with E-state index >= 15 is 0 Å². The van der Waals surface area contributed by atoms with E-state index in [9.17, 15) is 4.79 Å². The maximum atomic E-state index is 12.7. The zero-order chi connectivity index (χ0) is 15.1. The molecule has 2 rings (SSSR count). The monoisotopic (exact) mass is 292 g/mol. The first-order valence-corrected chi connectivity index (χ1v) is 7.60. The number of hydrogen-bond donors (Lipinski definition) is 1. The molecule has 5 nitrogen and oxygen atoms in total. The van der Waals surface area contributed by atoms with Crippen LogP contribution in [-0.2, 0) is 0 Å². The molecule has 116 valence electrons. The van der Waals surface area contributed by atoms with Crippen LogP contribution in [0.25, 0.3) is 0 Å². The lowest BCUT2D eigenvalue weighted by atomic mass is 10.1. The van der Waals surface area contributed by atoms with E-state index in [0.29, 0.717) is 31.0 Å². The van der Waals surface area contributed by atoms with E-state index in [1.54, 1.807) is 0 Å². The fourth-order valence-electron chi connectivity index (χ4n) is 2.63. The number of ether oxygens (including phenoxy) is 1. The highest BCUT2D eigenvalue weighted by Crippen LogP contribution is 2.20. The second kappa shape index (κ2) is 8.00. The normalized spacial score (nSPS) is 16.6. The van der Waals surface area contributed by atoms with E-state index in [2.05, 4.69) is 4.90 Å². The van der Waals surface area contributed by atoms with Crippen molar-refractivity contribution in [1.29, 1.82) is 0 Å². The van der Waals surface area contributed by atoms with Gasteiger partial charge in [0.15, 0.2) is 0 Å². The highest BCUT2D eigenvalue weighted by atomic mass is 16.5. The lowest BCUT2D eigenvalue weighted by Gasteiger charge is -2.22. The number of rotatable bonds is 5. The Morgan fingerprint density at radius 2 is 2.05 bits per heavy atom. The van der Waals surface area contributed by atoms with Gasteiger partial charge in [0.2, 0.25) is 0 Å². The van der Waals surface area contributed by atoms with Crippen LogP contribution >= 0.6 is 0 Å². The van der Waals surface area contributed by atoms with Crippen molar-refractivity contribution in [2.75, 3.05) is 45.9 Å². The van der Waals surface area contributed by atoms with Gasteiger partial charge in [0.1, 0.15) is 5.75 Å². The molecule has 1 heterocycles. The molecule has 0 radical (unpaired) electrons. The summed E-state index contributed by atoms with van der Waals surface area (Å²) < 4.78 is 5.55. The Bertz CT molecular complexity index is 465. The maximum absolute atomic E-state index is 12.7. The number of benzene rings is 1. The van der Waals surface area contributed by atoms with Gasteiger partial charge in [-0.15, -0.1) is 0 Å². The largest absolute Gasteiger partial charge is 0.493 e. The van der Waals surface area contributed by atoms with Crippen LogP contribution in [0.15, 0.2) is 24.3 Å². The van der Waals surface area contributed by atoms with Crippen LogP contribution in [0.3, 0.4) is 0 Å². The Kier molecular flexibility index (Phi) is 6.02. The number of carbonyl (C=O) groups is 1. The van der Waals surface area contributed by atoms with Gasteiger partial charge < -0.3 is 14.7 Å². The first-order valence-electron chi connectivity index (χ1n) is 7.60. The summed E-state index contributed by atoms with van der Waals surface area (Å²) in [5, 5.41) is 9.02. The molecule has 1 aromatic carbocycles. The van der Waals surface area contributed by atoms with Gasteiger partial charge in [-0.3, -0.25) is 9.69 Å². The zero-order valence-corrected chi connectivity index (χ0v) is 12.6. The second-order valence-corrected chi connectivity index (χ2v) is 5.14. The van der Waals surface area contributed by atoms with Gasteiger partial charge in [0.05, 0.1) is 18.8 Å². The lowest BCUT2D eigenvalue weighted by molar-refractivity contribution is 0.0756. The summed E-state index contributed by atoms with van der Waals surface area (Å²) in [6, 6.07) is 7.41. The number of β-amino-alcohol motifs (C(OH)–C–C–N with tert-alkyl or cyclic N) is 1. The molecule has 0 atom stereocenters. The number of amides is 1. The SMILES string of the molecule is CCOc1ccccc1C(=O)N1CCCN(CCO)CC1. The van der Waals surface area contributed by atoms with Crippen molar-refractivity contribution in [2.24, 2.45) is 0 Å². The van der Waals surface area contributed by atoms with Gasteiger partial charge >= 0.3 is 0 Å². The summed E-state index contributed by atoms with van der Waals surface area (Å²) in [6.45, 7) is 6.49. The minimum absolute atomic E-state index is 0.0323. The molecule has 1 aliphatic rings. The zero-order valence-electron chi connectivity index (χ0n) is 12.6. The average molecular weight is 292 g/mol. The smallest absolute Gasteiger partial charge is 0.257 e. The molecule has 0 saturated carbocycles. The summed E-state index contributed by atoms with van der Waals surface area (Å²) in [4.78, 5) is 16.8. The van der Waals surface area contributed by atoms with Gasteiger partial charge in [0.25, 0.3) is 5.91 Å². The standard InChI is InChI=1S/C16H24N2O3/c1-2-21-15-7-4-3-6-14(15)16(20)18-9-5-8-17(10-11-18)12-13-19/h3-4,6-7,19H,2,5,8-13H2,1H3. The van der Waals surface area contributed by atoms with E-state index in [0.717, 1.165) is 26.1 Å². The predicted molar refractivity (Wildman–Crippen MR) is 81.7 cm³/mol. The highest BCUT2D eigenvalue weighted by Gasteiger charge is 2.22. The highest BCUT2D eigenvalue weighted by molar-refractivity contribution is 5.97. The molecule has 1 N–H and O–H groups in total. The predicted octanol–water partition coefficient (Wildman–Crippen LogP) is 1.23. The first kappa shape index (κ1) is 15.8. The molecule has 1 fully saturated rings. The summed E-state index contributed by atoms with van der Waals surface area (Å²) in [7, 11) is 0. The van der Waals surface area contributed by atoms with Crippen LogP contribution in [0.4, 0.5) is 0 Å². The van der Waals surface area contributed by atoms with E-state index in [-0.39, 0.29) is 12.5 Å². The molecule has 5 heteroatoms. The van der Waals surface area contributed by atoms with Gasteiger partial charge in [-0.1, -0.05) is 12.1 Å². The van der Waals surface area contributed by atoms with E-state index in [4.69, 9.17) is 9.84 Å². The molecule has 21 heavy (non-hydrogen) atoms. The molecule has 0 bridgehead atoms. The number of carbonyl (C=O) groups excluding carboxylic acids is 1. The van der Waals surface area contributed by atoms with Crippen LogP contribution in [-0.4, -0.2) is 66.8 Å². The van der Waals surface area contributed by atoms with Crippen LogP contribution in [0.1, 0.15) is 23.7 Å². The van der Waals surface area contributed by atoms with Crippen molar-refractivity contribution in [3.05, 3.63) is 29.8 Å². The van der Waals surface area contributed by atoms with E-state index in [1.165, 1.54) is 0 Å². The van der Waals surface area contributed by atoms with Gasteiger partial charge in [-0.25, -0.2) is 0 Å². The minimum atomic E-state index is 0.0323. The van der Waals surface area contributed by atoms with Crippen molar-refractivity contribution in [1.82, 2.24) is 9.80 Å². The Labute approximate surface area is 126 Å². The van der Waals surface area contributed by atoms with Gasteiger partial charge in [-0.2, -0.15) is 0 Å². The third-order valence-corrected chi connectivity index (χ3v) is 3.71. The number of aliphatic hydroxyl groups excluding tert-OH is 1. The molecule has 1 aromatic rings. The van der Waals surface area contributed by atoms with E-state index in [1.807, 2.05) is 36.1 Å². The average Bonchev–Trinajstić information content (AvgIpc) is 2.74. The van der Waals surface area contributed by atoms with Crippen molar-refractivity contribution < 1.29 is 14.6 Å².